The largest absolute Gasteiger partial charge is 0.307 e. The number of hydrogen-bond acceptors (Lipinski definition) is 7. The first-order chi connectivity index (χ1) is 19.8. The summed E-state index contributed by atoms with van der Waals surface area (Å²) in [5, 5.41) is 15.1. The molecule has 7 heteroatoms. The Kier molecular flexibility index (Phi) is 6.13. The van der Waals surface area contributed by atoms with Crippen molar-refractivity contribution >= 4 is 135 Å². The smallest absolute Gasteiger partial charge is 0.106 e. The van der Waals surface area contributed by atoms with Gasteiger partial charge in [-0.3, -0.25) is 0 Å². The Morgan fingerprint density at radius 2 is 0.875 bits per heavy atom. The molecular weight excluding hydrogens is 605 g/mol. The van der Waals surface area contributed by atoms with Gasteiger partial charge in [0.05, 0.1) is 0 Å². The van der Waals surface area contributed by atoms with E-state index in [1.807, 2.05) is 74.8 Å². The fraction of sp³-hybridized carbons (Fsp3) is 0.0606. The van der Waals surface area contributed by atoms with Crippen molar-refractivity contribution in [3.05, 3.63) is 104 Å². The van der Waals surface area contributed by atoms with E-state index in [9.17, 15) is 0 Å². The molecule has 9 rings (SSSR count). The number of carbonyl (C=O) groups is 1. The van der Waals surface area contributed by atoms with Gasteiger partial charge < -0.3 is 4.79 Å². The Morgan fingerprint density at radius 1 is 0.475 bits per heavy atom. The zero-order valence-corrected chi connectivity index (χ0v) is 25.9. The second-order valence-electron chi connectivity index (χ2n) is 9.70. The molecule has 0 saturated heterocycles. The minimum atomic E-state index is 0.346. The van der Waals surface area contributed by atoms with Crippen molar-refractivity contribution in [2.75, 3.05) is 0 Å². The minimum absolute atomic E-state index is 0.346. The van der Waals surface area contributed by atoms with Crippen molar-refractivity contribution in [3.63, 3.8) is 0 Å². The van der Waals surface area contributed by atoms with Crippen molar-refractivity contribution in [1.29, 1.82) is 0 Å². The van der Waals surface area contributed by atoms with Crippen molar-refractivity contribution in [2.45, 2.75) is 12.3 Å². The van der Waals surface area contributed by atoms with Gasteiger partial charge in [-0.2, -0.15) is 0 Å². The highest BCUT2D eigenvalue weighted by atomic mass is 32.1. The van der Waals surface area contributed by atoms with Gasteiger partial charge in [-0.1, -0.05) is 0 Å². The van der Waals surface area contributed by atoms with E-state index >= 15 is 0 Å². The van der Waals surface area contributed by atoms with Crippen LogP contribution in [0.25, 0.3) is 60.5 Å². The molecule has 40 heavy (non-hydrogen) atoms. The lowest BCUT2D eigenvalue weighted by atomic mass is 9.98. The minimum Gasteiger partial charge on any atom is -0.307 e. The maximum absolute atomic E-state index is 8.00. The standard InChI is InChI=1S/C32H18S6.CH2O/c1-4-28-21(18-7-10-33-25(1)18)13-17(36-28)14-24(31-15-22-19-8-11-34-26(19)2-5-29(22)37-31)32-16-23-20-9-12-35-27(20)3-6-30(23)38-32;1-2/h1-13,15-16,24H,14H2;1H2. The Balaban J connectivity index is 0.00000120. The van der Waals surface area contributed by atoms with Crippen LogP contribution in [0, 0.1) is 0 Å². The Bertz CT molecular complexity index is 2210. The molecule has 3 aromatic carbocycles. The summed E-state index contributed by atoms with van der Waals surface area (Å²) in [4.78, 5) is 12.4. The van der Waals surface area contributed by atoms with E-state index in [1.54, 1.807) is 0 Å². The summed E-state index contributed by atoms with van der Waals surface area (Å²) in [5.74, 6) is 0.346. The van der Waals surface area contributed by atoms with Gasteiger partial charge in [0.25, 0.3) is 0 Å². The van der Waals surface area contributed by atoms with E-state index in [-0.39, 0.29) is 0 Å². The van der Waals surface area contributed by atoms with Gasteiger partial charge in [-0.15, -0.1) is 68.0 Å². The fourth-order valence-electron chi connectivity index (χ4n) is 5.77. The number of thiophene rings is 6. The third-order valence-electron chi connectivity index (χ3n) is 7.58. The summed E-state index contributed by atoms with van der Waals surface area (Å²) in [5.41, 5.74) is 0. The zero-order chi connectivity index (χ0) is 26.8. The third-order valence-corrected chi connectivity index (χ3v) is 13.8. The van der Waals surface area contributed by atoms with Crippen LogP contribution in [-0.4, -0.2) is 6.79 Å². The van der Waals surface area contributed by atoms with Crippen molar-refractivity contribution in [2.24, 2.45) is 0 Å². The summed E-state index contributed by atoms with van der Waals surface area (Å²) in [7, 11) is 0. The molecule has 0 bridgehead atoms. The van der Waals surface area contributed by atoms with Crippen LogP contribution in [0.1, 0.15) is 20.5 Å². The van der Waals surface area contributed by atoms with Gasteiger partial charge in [0.2, 0.25) is 0 Å². The maximum Gasteiger partial charge on any atom is 0.106 e. The van der Waals surface area contributed by atoms with Crippen LogP contribution in [0.4, 0.5) is 0 Å². The van der Waals surface area contributed by atoms with Crippen LogP contribution in [0.15, 0.2) is 88.9 Å². The lowest BCUT2D eigenvalue weighted by molar-refractivity contribution is -0.0979. The first-order valence-electron chi connectivity index (χ1n) is 12.8. The molecule has 0 saturated carbocycles. The van der Waals surface area contributed by atoms with E-state index in [1.165, 1.54) is 75.1 Å². The van der Waals surface area contributed by atoms with E-state index in [0.717, 1.165) is 6.42 Å². The molecule has 0 amide bonds. The molecule has 0 unspecified atom stereocenters. The predicted molar refractivity (Wildman–Crippen MR) is 184 cm³/mol. The van der Waals surface area contributed by atoms with Crippen molar-refractivity contribution < 1.29 is 4.79 Å². The van der Waals surface area contributed by atoms with Gasteiger partial charge in [0.1, 0.15) is 6.79 Å². The number of carbonyl (C=O) groups excluding carboxylic acids is 1. The predicted octanol–water partition coefficient (Wildman–Crippen LogP) is 12.2. The number of hydrogen-bond donors (Lipinski definition) is 0. The second-order valence-corrected chi connectivity index (χ2v) is 15.9. The van der Waals surface area contributed by atoms with E-state index in [0.29, 0.717) is 5.92 Å². The van der Waals surface area contributed by atoms with Gasteiger partial charge in [-0.25, -0.2) is 0 Å². The maximum atomic E-state index is 8.00. The topological polar surface area (TPSA) is 17.1 Å². The molecule has 0 radical (unpaired) electrons. The fourth-order valence-corrected chi connectivity index (χ4v) is 11.8. The van der Waals surface area contributed by atoms with Crippen LogP contribution in [0.5, 0.6) is 0 Å². The van der Waals surface area contributed by atoms with Crippen LogP contribution < -0.4 is 0 Å². The first-order valence-corrected chi connectivity index (χ1v) is 17.8. The van der Waals surface area contributed by atoms with Gasteiger partial charge in [-0.05, 0) is 95.4 Å². The van der Waals surface area contributed by atoms with Crippen LogP contribution in [0.3, 0.4) is 0 Å². The Hall–Kier alpha value is -2.91. The molecule has 0 spiro atoms. The number of fused-ring (bicyclic) bond motifs is 9. The number of rotatable bonds is 4. The van der Waals surface area contributed by atoms with Gasteiger partial charge in [0.15, 0.2) is 0 Å². The molecule has 9 aromatic rings. The summed E-state index contributed by atoms with van der Waals surface area (Å²) in [6.45, 7) is 2.00. The van der Waals surface area contributed by atoms with Gasteiger partial charge >= 0.3 is 0 Å². The van der Waals surface area contributed by atoms with Crippen LogP contribution in [-0.2, 0) is 11.2 Å². The van der Waals surface area contributed by atoms with E-state index < -0.39 is 0 Å². The summed E-state index contributed by atoms with van der Waals surface area (Å²) in [6.07, 6.45) is 1.03. The molecule has 6 aromatic heterocycles. The molecule has 0 aliphatic rings. The summed E-state index contributed by atoms with van der Waals surface area (Å²) >= 11 is 11.5. The van der Waals surface area contributed by atoms with Gasteiger partial charge in [0, 0.05) is 81.1 Å². The Labute approximate surface area is 254 Å². The molecule has 1 nitrogen and oxygen atoms in total. The summed E-state index contributed by atoms with van der Waals surface area (Å²) < 4.78 is 8.33. The lowest BCUT2D eigenvalue weighted by Crippen LogP contribution is -1.99. The molecule has 0 aliphatic carbocycles. The monoisotopic (exact) mass is 624 g/mol. The van der Waals surface area contributed by atoms with Crippen molar-refractivity contribution in [1.82, 2.24) is 0 Å². The van der Waals surface area contributed by atoms with Crippen LogP contribution in [0.2, 0.25) is 0 Å². The molecule has 0 N–H and O–H groups in total. The highest BCUT2D eigenvalue weighted by Crippen LogP contribution is 2.46. The average molecular weight is 625 g/mol. The average Bonchev–Trinajstić information content (AvgIpc) is 3.81. The van der Waals surface area contributed by atoms with E-state index in [2.05, 4.69) is 88.9 Å². The quantitative estimate of drug-likeness (QED) is 0.190. The Morgan fingerprint density at radius 3 is 1.35 bits per heavy atom. The van der Waals surface area contributed by atoms with Crippen molar-refractivity contribution in [3.8, 4) is 0 Å². The van der Waals surface area contributed by atoms with Crippen LogP contribution >= 0.6 is 68.0 Å². The third kappa shape index (κ3) is 3.91. The normalized spacial score (nSPS) is 12.0. The molecule has 0 atom stereocenters. The second kappa shape index (κ2) is 9.87. The lowest BCUT2D eigenvalue weighted by Gasteiger charge is -2.12. The highest BCUT2D eigenvalue weighted by Gasteiger charge is 2.23. The zero-order valence-electron chi connectivity index (χ0n) is 21.0. The number of benzene rings is 3. The SMILES string of the molecule is C=O.c1cc2c(ccc3sc(CC(c4cc5c(ccc6sccc65)s4)c4cc5c(ccc6sccc65)s4)cc32)s1. The molecular formula is C33H20OS6. The molecule has 6 heterocycles. The molecule has 0 aliphatic heterocycles. The molecule has 0 fully saturated rings. The first kappa shape index (κ1) is 24.9. The van der Waals surface area contributed by atoms with E-state index in [4.69, 9.17) is 4.79 Å². The molecule has 194 valence electrons. The highest BCUT2D eigenvalue weighted by molar-refractivity contribution is 7.22. The summed E-state index contributed by atoms with van der Waals surface area (Å²) in [6, 6.07) is 28.2.